The highest BCUT2D eigenvalue weighted by Gasteiger charge is 2.21. The average Bonchev–Trinajstić information content (AvgIpc) is 1.93. The van der Waals surface area contributed by atoms with Gasteiger partial charge in [0.1, 0.15) is 0 Å². The molecule has 0 unspecified atom stereocenters. The Bertz CT molecular complexity index is 172. The van der Waals surface area contributed by atoms with E-state index in [1.807, 2.05) is 0 Å². The second-order valence-corrected chi connectivity index (χ2v) is 4.76. The molecule has 1 aliphatic carbocycles. The van der Waals surface area contributed by atoms with E-state index in [-0.39, 0.29) is 0 Å². The summed E-state index contributed by atoms with van der Waals surface area (Å²) in [7, 11) is 0. The van der Waals surface area contributed by atoms with Crippen LogP contribution in [0, 0.1) is 5.41 Å². The van der Waals surface area contributed by atoms with Crippen molar-refractivity contribution in [3.8, 4) is 0 Å². The largest absolute Gasteiger partial charge is 0.0744 e. The first-order valence-corrected chi connectivity index (χ1v) is 4.66. The molecule has 0 aliphatic heterocycles. The summed E-state index contributed by atoms with van der Waals surface area (Å²) in [5.41, 5.74) is 3.82. The summed E-state index contributed by atoms with van der Waals surface area (Å²) in [5, 5.41) is 0. The van der Waals surface area contributed by atoms with Crippen LogP contribution in [0.5, 0.6) is 0 Å². The molecule has 11 heavy (non-hydrogen) atoms. The van der Waals surface area contributed by atoms with Crippen molar-refractivity contribution in [1.82, 2.24) is 0 Å². The fourth-order valence-electron chi connectivity index (χ4n) is 2.00. The van der Waals surface area contributed by atoms with Gasteiger partial charge < -0.3 is 0 Å². The fourth-order valence-corrected chi connectivity index (χ4v) is 2.00. The number of hydrogen-bond acceptors (Lipinski definition) is 0. The summed E-state index contributed by atoms with van der Waals surface area (Å²) in [6, 6.07) is 0. The normalized spacial score (nSPS) is 25.1. The molecule has 0 radical (unpaired) electrons. The lowest BCUT2D eigenvalue weighted by Gasteiger charge is -2.22. The lowest BCUT2D eigenvalue weighted by Crippen LogP contribution is -2.09. The maximum Gasteiger partial charge on any atom is -0.0269 e. The van der Waals surface area contributed by atoms with Crippen LogP contribution in [0.2, 0.25) is 0 Å². The second kappa shape index (κ2) is 3.00. The highest BCUT2D eigenvalue weighted by Crippen LogP contribution is 2.36. The molecule has 0 saturated carbocycles. The van der Waals surface area contributed by atoms with Gasteiger partial charge in [-0.05, 0) is 44.9 Å². The van der Waals surface area contributed by atoms with E-state index in [1.165, 1.54) is 25.7 Å². The van der Waals surface area contributed by atoms with E-state index < -0.39 is 0 Å². The van der Waals surface area contributed by atoms with Gasteiger partial charge in [0.15, 0.2) is 0 Å². The lowest BCUT2D eigenvalue weighted by molar-refractivity contribution is 0.331. The molecule has 1 rings (SSSR count). The van der Waals surface area contributed by atoms with Gasteiger partial charge in [-0.15, -0.1) is 0 Å². The molecule has 0 aromatic rings. The molecule has 0 aromatic heterocycles. The van der Waals surface area contributed by atoms with Gasteiger partial charge >= 0.3 is 0 Å². The molecule has 1 aliphatic rings. The third kappa shape index (κ3) is 2.36. The van der Waals surface area contributed by atoms with E-state index in [4.69, 9.17) is 0 Å². The van der Waals surface area contributed by atoms with Gasteiger partial charge in [-0.1, -0.05) is 25.0 Å². The van der Waals surface area contributed by atoms with E-state index in [0.29, 0.717) is 5.41 Å². The van der Waals surface area contributed by atoms with Gasteiger partial charge in [-0.2, -0.15) is 0 Å². The standard InChI is InChI=1S/C11H20/c1-9-6-5-7-11(3,4)8-10(9)2/h5-8H2,1-4H3. The van der Waals surface area contributed by atoms with Crippen LogP contribution in [0.3, 0.4) is 0 Å². The van der Waals surface area contributed by atoms with Crippen LogP contribution in [0.1, 0.15) is 53.4 Å². The molecule has 0 aromatic carbocycles. The minimum absolute atomic E-state index is 0.557. The van der Waals surface area contributed by atoms with Crippen molar-refractivity contribution in [2.45, 2.75) is 53.4 Å². The molecule has 0 nitrogen and oxygen atoms in total. The summed E-state index contributed by atoms with van der Waals surface area (Å²) in [6.45, 7) is 9.35. The van der Waals surface area contributed by atoms with E-state index in [1.54, 1.807) is 11.1 Å². The van der Waals surface area contributed by atoms with Crippen molar-refractivity contribution < 1.29 is 0 Å². The Morgan fingerprint density at radius 1 is 1.09 bits per heavy atom. The van der Waals surface area contributed by atoms with Crippen molar-refractivity contribution in [1.29, 1.82) is 0 Å². The number of allylic oxidation sites excluding steroid dienone is 2. The first kappa shape index (κ1) is 8.83. The Morgan fingerprint density at radius 3 is 2.36 bits per heavy atom. The van der Waals surface area contributed by atoms with E-state index in [9.17, 15) is 0 Å². The summed E-state index contributed by atoms with van der Waals surface area (Å²) in [4.78, 5) is 0. The Morgan fingerprint density at radius 2 is 1.73 bits per heavy atom. The van der Waals surface area contributed by atoms with Crippen molar-refractivity contribution in [3.63, 3.8) is 0 Å². The van der Waals surface area contributed by atoms with Gasteiger partial charge in [0, 0.05) is 0 Å². The summed E-state index contributed by atoms with van der Waals surface area (Å²) in [6.07, 6.45) is 5.41. The van der Waals surface area contributed by atoms with E-state index in [2.05, 4.69) is 27.7 Å². The minimum atomic E-state index is 0.557. The minimum Gasteiger partial charge on any atom is -0.0744 e. The third-order valence-corrected chi connectivity index (χ3v) is 2.88. The highest BCUT2D eigenvalue weighted by molar-refractivity contribution is 5.13. The quantitative estimate of drug-likeness (QED) is 0.461. The van der Waals surface area contributed by atoms with Crippen LogP contribution >= 0.6 is 0 Å². The number of rotatable bonds is 0. The maximum absolute atomic E-state index is 2.38. The second-order valence-electron chi connectivity index (χ2n) is 4.76. The van der Waals surface area contributed by atoms with Gasteiger partial charge in [0.05, 0.1) is 0 Å². The van der Waals surface area contributed by atoms with Gasteiger partial charge in [0.25, 0.3) is 0 Å². The number of hydrogen-bond donors (Lipinski definition) is 0. The first-order chi connectivity index (χ1) is 5.01. The van der Waals surface area contributed by atoms with Crippen LogP contribution in [0.4, 0.5) is 0 Å². The smallest absolute Gasteiger partial charge is 0.0269 e. The molecule has 0 heterocycles. The molecule has 0 atom stereocenters. The van der Waals surface area contributed by atoms with Crippen LogP contribution in [0.25, 0.3) is 0 Å². The van der Waals surface area contributed by atoms with Gasteiger partial charge in [-0.25, -0.2) is 0 Å². The summed E-state index contributed by atoms with van der Waals surface area (Å²) in [5.74, 6) is 0. The monoisotopic (exact) mass is 152 g/mol. The molecule has 0 N–H and O–H groups in total. The summed E-state index contributed by atoms with van der Waals surface area (Å²) >= 11 is 0. The Balaban J connectivity index is 2.74. The average molecular weight is 152 g/mol. The van der Waals surface area contributed by atoms with E-state index >= 15 is 0 Å². The third-order valence-electron chi connectivity index (χ3n) is 2.88. The Kier molecular flexibility index (Phi) is 2.41. The zero-order chi connectivity index (χ0) is 8.48. The molecule has 0 saturated heterocycles. The molecule has 0 amide bonds. The molecule has 0 fully saturated rings. The predicted octanol–water partition coefficient (Wildman–Crippen LogP) is 3.92. The van der Waals surface area contributed by atoms with Crippen LogP contribution in [-0.4, -0.2) is 0 Å². The van der Waals surface area contributed by atoms with Gasteiger partial charge in [0.2, 0.25) is 0 Å². The van der Waals surface area contributed by atoms with E-state index in [0.717, 1.165) is 0 Å². The molecule has 0 heteroatoms. The van der Waals surface area contributed by atoms with Crippen molar-refractivity contribution in [2.75, 3.05) is 0 Å². The molecular formula is C11H20. The lowest BCUT2D eigenvalue weighted by atomic mass is 9.83. The van der Waals surface area contributed by atoms with Crippen molar-refractivity contribution >= 4 is 0 Å². The zero-order valence-corrected chi connectivity index (χ0v) is 8.33. The van der Waals surface area contributed by atoms with Crippen LogP contribution in [-0.2, 0) is 0 Å². The molecular weight excluding hydrogens is 132 g/mol. The van der Waals surface area contributed by atoms with Gasteiger partial charge in [-0.3, -0.25) is 0 Å². The topological polar surface area (TPSA) is 0 Å². The Hall–Kier alpha value is -0.260. The van der Waals surface area contributed by atoms with Crippen molar-refractivity contribution in [2.24, 2.45) is 5.41 Å². The predicted molar refractivity (Wildman–Crippen MR) is 50.6 cm³/mol. The van der Waals surface area contributed by atoms with Crippen molar-refractivity contribution in [3.05, 3.63) is 11.1 Å². The summed E-state index contributed by atoms with van der Waals surface area (Å²) < 4.78 is 0. The molecule has 0 spiro atoms. The van der Waals surface area contributed by atoms with Crippen LogP contribution < -0.4 is 0 Å². The molecule has 64 valence electrons. The fraction of sp³-hybridized carbons (Fsp3) is 0.818. The molecule has 0 bridgehead atoms. The SMILES string of the molecule is CC1=C(C)CC(C)(C)CCC1. The zero-order valence-electron chi connectivity index (χ0n) is 8.33. The first-order valence-electron chi connectivity index (χ1n) is 4.66. The Labute approximate surface area is 70.7 Å². The maximum atomic E-state index is 2.38. The van der Waals surface area contributed by atoms with Crippen LogP contribution in [0.15, 0.2) is 11.1 Å². The highest BCUT2D eigenvalue weighted by atomic mass is 14.3.